The lowest BCUT2D eigenvalue weighted by atomic mass is 10.2. The van der Waals surface area contributed by atoms with Crippen LogP contribution in [0.2, 0.25) is 5.02 Å². The minimum absolute atomic E-state index is 0.199. The maximum atomic E-state index is 12.6. The number of carbonyl (C=O) groups excluding carboxylic acids is 2. The maximum absolute atomic E-state index is 12.6. The van der Waals surface area contributed by atoms with Crippen LogP contribution in [0.3, 0.4) is 0 Å². The first-order chi connectivity index (χ1) is 13.0. The number of hydrogen-bond acceptors (Lipinski definition) is 5. The smallest absolute Gasteiger partial charge is 0.338 e. The summed E-state index contributed by atoms with van der Waals surface area (Å²) in [7, 11) is 1.61. The Labute approximate surface area is 162 Å². The molecule has 1 amide bonds. The van der Waals surface area contributed by atoms with Gasteiger partial charge in [-0.25, -0.2) is 4.79 Å². The van der Waals surface area contributed by atoms with E-state index in [4.69, 9.17) is 26.8 Å². The van der Waals surface area contributed by atoms with Crippen LogP contribution in [-0.4, -0.2) is 36.5 Å². The summed E-state index contributed by atoms with van der Waals surface area (Å²) >= 11 is 5.85. The van der Waals surface area contributed by atoms with E-state index in [1.807, 2.05) is 24.3 Å². The topological polar surface area (TPSA) is 81.9 Å². The lowest BCUT2D eigenvalue weighted by Gasteiger charge is -2.22. The highest BCUT2D eigenvalue weighted by atomic mass is 35.5. The van der Waals surface area contributed by atoms with Gasteiger partial charge in [0.05, 0.1) is 23.4 Å². The second-order valence-electron chi connectivity index (χ2n) is 6.41. The van der Waals surface area contributed by atoms with E-state index in [1.54, 1.807) is 12.0 Å². The molecule has 0 unspecified atom stereocenters. The number of rotatable bonds is 7. The molecule has 0 saturated heterocycles. The van der Waals surface area contributed by atoms with E-state index in [9.17, 15) is 9.59 Å². The van der Waals surface area contributed by atoms with Crippen molar-refractivity contribution in [3.05, 3.63) is 58.6 Å². The fourth-order valence-electron chi connectivity index (χ4n) is 2.70. The second kappa shape index (κ2) is 8.31. The van der Waals surface area contributed by atoms with Crippen LogP contribution in [0.1, 0.15) is 28.8 Å². The molecular formula is C20H21ClN2O4. The second-order valence-corrected chi connectivity index (χ2v) is 6.82. The largest absolute Gasteiger partial charge is 0.497 e. The number of ether oxygens (including phenoxy) is 2. The Kier molecular flexibility index (Phi) is 5.86. The lowest BCUT2D eigenvalue weighted by Crippen LogP contribution is -2.36. The third-order valence-electron chi connectivity index (χ3n) is 4.38. The molecular weight excluding hydrogens is 368 g/mol. The molecule has 0 bridgehead atoms. The van der Waals surface area contributed by atoms with Crippen LogP contribution in [0.4, 0.5) is 5.69 Å². The van der Waals surface area contributed by atoms with Gasteiger partial charge in [-0.15, -0.1) is 0 Å². The standard InChI is InChI=1S/C20H21ClN2O4/c1-26-16-7-2-13(3-8-16)11-23(15-5-6-15)19(24)12-27-20(25)14-4-9-17(21)18(22)10-14/h2-4,7-10,15H,5-6,11-12,22H2,1H3. The molecule has 0 aromatic heterocycles. The van der Waals surface area contributed by atoms with Crippen molar-refractivity contribution in [1.29, 1.82) is 0 Å². The molecule has 7 heteroatoms. The van der Waals surface area contributed by atoms with Crippen molar-refractivity contribution in [1.82, 2.24) is 4.90 Å². The number of nitrogen functional groups attached to an aromatic ring is 1. The summed E-state index contributed by atoms with van der Waals surface area (Å²) in [6.45, 7) is 0.160. The Morgan fingerprint density at radius 2 is 1.89 bits per heavy atom. The molecule has 0 radical (unpaired) electrons. The van der Waals surface area contributed by atoms with E-state index >= 15 is 0 Å². The molecule has 1 saturated carbocycles. The molecule has 1 fully saturated rings. The number of nitrogens with two attached hydrogens (primary N) is 1. The quantitative estimate of drug-likeness (QED) is 0.581. The van der Waals surface area contributed by atoms with Crippen LogP contribution in [0, 0.1) is 0 Å². The summed E-state index contributed by atoms with van der Waals surface area (Å²) in [4.78, 5) is 26.5. The average molecular weight is 389 g/mol. The Balaban J connectivity index is 1.59. The first kappa shape index (κ1) is 19.0. The fraction of sp³-hybridized carbons (Fsp3) is 0.300. The van der Waals surface area contributed by atoms with E-state index in [2.05, 4.69) is 0 Å². The Morgan fingerprint density at radius 1 is 1.19 bits per heavy atom. The van der Waals surface area contributed by atoms with Crippen LogP contribution < -0.4 is 10.5 Å². The number of methoxy groups -OCH3 is 1. The molecule has 2 aromatic carbocycles. The van der Waals surface area contributed by atoms with Crippen molar-refractivity contribution in [3.8, 4) is 5.75 Å². The van der Waals surface area contributed by atoms with Gasteiger partial charge in [0, 0.05) is 12.6 Å². The average Bonchev–Trinajstić information content (AvgIpc) is 3.51. The molecule has 0 heterocycles. The minimum Gasteiger partial charge on any atom is -0.497 e. The summed E-state index contributed by atoms with van der Waals surface area (Å²) in [5.74, 6) is -0.0604. The molecule has 6 nitrogen and oxygen atoms in total. The molecule has 2 aromatic rings. The van der Waals surface area contributed by atoms with Gasteiger partial charge in [0.1, 0.15) is 5.75 Å². The Hall–Kier alpha value is -2.73. The molecule has 1 aliphatic rings. The van der Waals surface area contributed by atoms with Crippen LogP contribution in [0.5, 0.6) is 5.75 Å². The van der Waals surface area contributed by atoms with Crippen molar-refractivity contribution in [2.75, 3.05) is 19.5 Å². The van der Waals surface area contributed by atoms with Crippen molar-refractivity contribution in [3.63, 3.8) is 0 Å². The molecule has 142 valence electrons. The van der Waals surface area contributed by atoms with E-state index < -0.39 is 5.97 Å². The van der Waals surface area contributed by atoms with Crippen LogP contribution >= 0.6 is 11.6 Å². The highest BCUT2D eigenvalue weighted by Gasteiger charge is 2.33. The number of halogens is 1. The van der Waals surface area contributed by atoms with Gasteiger partial charge in [-0.3, -0.25) is 4.79 Å². The van der Waals surface area contributed by atoms with Gasteiger partial charge >= 0.3 is 5.97 Å². The number of esters is 1. The SMILES string of the molecule is COc1ccc(CN(C(=O)COC(=O)c2ccc(Cl)c(N)c2)C2CC2)cc1. The predicted octanol–water partition coefficient (Wildman–Crippen LogP) is 3.28. The van der Waals surface area contributed by atoms with Gasteiger partial charge in [0.15, 0.2) is 6.61 Å². The normalized spacial score (nSPS) is 13.1. The highest BCUT2D eigenvalue weighted by Crippen LogP contribution is 2.29. The number of benzene rings is 2. The first-order valence-electron chi connectivity index (χ1n) is 8.62. The molecule has 1 aliphatic carbocycles. The lowest BCUT2D eigenvalue weighted by molar-refractivity contribution is -0.135. The summed E-state index contributed by atoms with van der Waals surface area (Å²) in [5.41, 5.74) is 7.24. The Bertz CT molecular complexity index is 834. The van der Waals surface area contributed by atoms with Gasteiger partial charge < -0.3 is 20.1 Å². The number of hydrogen-bond donors (Lipinski definition) is 1. The Morgan fingerprint density at radius 3 is 2.48 bits per heavy atom. The van der Waals surface area contributed by atoms with Crippen LogP contribution in [-0.2, 0) is 16.1 Å². The summed E-state index contributed by atoms with van der Waals surface area (Å²) in [6, 6.07) is 12.2. The zero-order valence-electron chi connectivity index (χ0n) is 15.0. The molecule has 0 aliphatic heterocycles. The zero-order valence-corrected chi connectivity index (χ0v) is 15.7. The molecule has 0 spiro atoms. The van der Waals surface area contributed by atoms with Gasteiger partial charge in [0.25, 0.3) is 5.91 Å². The van der Waals surface area contributed by atoms with Crippen LogP contribution in [0.25, 0.3) is 0 Å². The van der Waals surface area contributed by atoms with E-state index in [1.165, 1.54) is 18.2 Å². The minimum atomic E-state index is -0.605. The summed E-state index contributed by atoms with van der Waals surface area (Å²) in [5, 5.41) is 0.363. The highest BCUT2D eigenvalue weighted by molar-refractivity contribution is 6.33. The van der Waals surface area contributed by atoms with Crippen molar-refractivity contribution < 1.29 is 19.1 Å². The van der Waals surface area contributed by atoms with E-state index in [0.29, 0.717) is 11.6 Å². The van der Waals surface area contributed by atoms with E-state index in [-0.39, 0.29) is 29.8 Å². The predicted molar refractivity (Wildman–Crippen MR) is 103 cm³/mol. The van der Waals surface area contributed by atoms with Crippen molar-refractivity contribution in [2.24, 2.45) is 0 Å². The van der Waals surface area contributed by atoms with Crippen molar-refractivity contribution in [2.45, 2.75) is 25.4 Å². The molecule has 2 N–H and O–H groups in total. The number of nitrogens with zero attached hydrogens (tertiary/aromatic N) is 1. The van der Waals surface area contributed by atoms with Crippen molar-refractivity contribution >= 4 is 29.2 Å². The van der Waals surface area contributed by atoms with Crippen LogP contribution in [0.15, 0.2) is 42.5 Å². The maximum Gasteiger partial charge on any atom is 0.338 e. The summed E-state index contributed by atoms with van der Waals surface area (Å²) in [6.07, 6.45) is 1.92. The monoisotopic (exact) mass is 388 g/mol. The fourth-order valence-corrected chi connectivity index (χ4v) is 2.82. The first-order valence-corrected chi connectivity index (χ1v) is 9.00. The number of carbonyl (C=O) groups is 2. The van der Waals surface area contributed by atoms with Gasteiger partial charge in [-0.1, -0.05) is 23.7 Å². The van der Waals surface area contributed by atoms with Gasteiger partial charge in [-0.05, 0) is 48.7 Å². The van der Waals surface area contributed by atoms with Gasteiger partial charge in [0.2, 0.25) is 0 Å². The molecule has 0 atom stereocenters. The third kappa shape index (κ3) is 4.92. The number of amides is 1. The van der Waals surface area contributed by atoms with E-state index in [0.717, 1.165) is 24.2 Å². The zero-order chi connectivity index (χ0) is 19.4. The molecule has 27 heavy (non-hydrogen) atoms. The summed E-state index contributed by atoms with van der Waals surface area (Å²) < 4.78 is 10.3. The third-order valence-corrected chi connectivity index (χ3v) is 4.72. The van der Waals surface area contributed by atoms with Gasteiger partial charge in [-0.2, -0.15) is 0 Å². The number of anilines is 1. The molecule has 3 rings (SSSR count).